The first-order valence-corrected chi connectivity index (χ1v) is 5.94. The summed E-state index contributed by atoms with van der Waals surface area (Å²) in [7, 11) is 0. The summed E-state index contributed by atoms with van der Waals surface area (Å²) < 4.78 is 5.74. The number of aromatic nitrogens is 1. The third kappa shape index (κ3) is 2.73. The number of para-hydroxylation sites is 1. The molecule has 0 saturated heterocycles. The topological polar surface area (TPSA) is 59.4 Å². The molecule has 0 saturated carbocycles. The molecule has 2 rings (SSSR count). The summed E-state index contributed by atoms with van der Waals surface area (Å²) in [5.41, 5.74) is 2.24. The van der Waals surface area contributed by atoms with Crippen LogP contribution in [-0.2, 0) is 0 Å². The van der Waals surface area contributed by atoms with Gasteiger partial charge in [-0.3, -0.25) is 4.98 Å². The number of hydrogen-bond acceptors (Lipinski definition) is 3. The van der Waals surface area contributed by atoms with Crippen molar-refractivity contribution in [1.29, 1.82) is 0 Å². The molecule has 1 aromatic heterocycles. The third-order valence-corrected chi connectivity index (χ3v) is 2.82. The van der Waals surface area contributed by atoms with E-state index in [1.807, 2.05) is 38.1 Å². The molecule has 0 unspecified atom stereocenters. The molecule has 1 N–H and O–H groups in total. The van der Waals surface area contributed by atoms with Gasteiger partial charge in [-0.25, -0.2) is 4.79 Å². The Morgan fingerprint density at radius 1 is 1.16 bits per heavy atom. The van der Waals surface area contributed by atoms with Crippen LogP contribution < -0.4 is 4.74 Å². The highest BCUT2D eigenvalue weighted by Gasteiger charge is 2.17. The molecule has 2 aromatic rings. The molecule has 0 atom stereocenters. The SMILES string of the molecule is Cc1cc(Oc2ccccc2C)c(C(=O)O)c(C)n1. The van der Waals surface area contributed by atoms with Crippen LogP contribution in [-0.4, -0.2) is 16.1 Å². The number of ether oxygens (including phenoxy) is 1. The van der Waals surface area contributed by atoms with Crippen LogP contribution in [0.1, 0.15) is 27.3 Å². The van der Waals surface area contributed by atoms with Crippen LogP contribution >= 0.6 is 0 Å². The first-order chi connectivity index (χ1) is 8.99. The van der Waals surface area contributed by atoms with Gasteiger partial charge in [0.1, 0.15) is 17.1 Å². The van der Waals surface area contributed by atoms with E-state index in [9.17, 15) is 9.90 Å². The standard InChI is InChI=1S/C15H15NO3/c1-9-6-4-5-7-12(9)19-13-8-10(2)16-11(3)14(13)15(17)18/h4-8H,1-3H3,(H,17,18). The summed E-state index contributed by atoms with van der Waals surface area (Å²) in [6, 6.07) is 9.12. The van der Waals surface area contributed by atoms with E-state index >= 15 is 0 Å². The van der Waals surface area contributed by atoms with Gasteiger partial charge in [-0.1, -0.05) is 18.2 Å². The van der Waals surface area contributed by atoms with Crippen molar-refractivity contribution >= 4 is 5.97 Å². The second-order valence-corrected chi connectivity index (χ2v) is 4.39. The molecular formula is C15H15NO3. The minimum absolute atomic E-state index is 0.105. The Morgan fingerprint density at radius 3 is 2.47 bits per heavy atom. The van der Waals surface area contributed by atoms with Crippen molar-refractivity contribution in [2.24, 2.45) is 0 Å². The molecule has 0 fully saturated rings. The lowest BCUT2D eigenvalue weighted by Crippen LogP contribution is -2.06. The van der Waals surface area contributed by atoms with E-state index in [-0.39, 0.29) is 5.56 Å². The number of aromatic carboxylic acids is 1. The molecule has 0 bridgehead atoms. The predicted octanol–water partition coefficient (Wildman–Crippen LogP) is 3.50. The maximum Gasteiger partial charge on any atom is 0.341 e. The minimum Gasteiger partial charge on any atom is -0.477 e. The Bertz CT molecular complexity index is 635. The van der Waals surface area contributed by atoms with Crippen LogP contribution in [0.3, 0.4) is 0 Å². The average molecular weight is 257 g/mol. The summed E-state index contributed by atoms with van der Waals surface area (Å²) in [6.45, 7) is 5.39. The zero-order valence-corrected chi connectivity index (χ0v) is 11.1. The van der Waals surface area contributed by atoms with Crippen molar-refractivity contribution in [2.45, 2.75) is 20.8 Å². The Balaban J connectivity index is 2.51. The molecule has 4 nitrogen and oxygen atoms in total. The summed E-state index contributed by atoms with van der Waals surface area (Å²) in [5.74, 6) is -0.0598. The number of carboxylic acid groups (broad SMARTS) is 1. The van der Waals surface area contributed by atoms with E-state index in [1.165, 1.54) is 0 Å². The molecule has 1 aromatic carbocycles. The number of pyridine rings is 1. The minimum atomic E-state index is -1.03. The van der Waals surface area contributed by atoms with Gasteiger partial charge in [0.2, 0.25) is 0 Å². The second kappa shape index (κ2) is 5.10. The molecule has 0 amide bonds. The molecule has 0 radical (unpaired) electrons. The van der Waals surface area contributed by atoms with E-state index < -0.39 is 5.97 Å². The molecule has 1 heterocycles. The lowest BCUT2D eigenvalue weighted by atomic mass is 10.1. The molecular weight excluding hydrogens is 242 g/mol. The quantitative estimate of drug-likeness (QED) is 0.914. The molecule has 4 heteroatoms. The average Bonchev–Trinajstić information content (AvgIpc) is 2.30. The summed E-state index contributed by atoms with van der Waals surface area (Å²) in [5, 5.41) is 9.26. The summed E-state index contributed by atoms with van der Waals surface area (Å²) in [6.07, 6.45) is 0. The highest BCUT2D eigenvalue weighted by Crippen LogP contribution is 2.29. The first-order valence-electron chi connectivity index (χ1n) is 5.94. The Labute approximate surface area is 111 Å². The second-order valence-electron chi connectivity index (χ2n) is 4.39. The van der Waals surface area contributed by atoms with Gasteiger partial charge < -0.3 is 9.84 Å². The Morgan fingerprint density at radius 2 is 1.84 bits per heavy atom. The molecule has 0 spiro atoms. The number of hydrogen-bond donors (Lipinski definition) is 1. The highest BCUT2D eigenvalue weighted by atomic mass is 16.5. The van der Waals surface area contributed by atoms with Gasteiger partial charge >= 0.3 is 5.97 Å². The molecule has 0 aliphatic heterocycles. The zero-order valence-electron chi connectivity index (χ0n) is 11.1. The largest absolute Gasteiger partial charge is 0.477 e. The maximum atomic E-state index is 11.3. The number of nitrogens with zero attached hydrogens (tertiary/aromatic N) is 1. The molecule has 98 valence electrons. The van der Waals surface area contributed by atoms with E-state index in [0.717, 1.165) is 11.3 Å². The number of carbonyl (C=O) groups is 1. The Kier molecular flexibility index (Phi) is 3.51. The predicted molar refractivity (Wildman–Crippen MR) is 71.9 cm³/mol. The fourth-order valence-electron chi connectivity index (χ4n) is 1.92. The van der Waals surface area contributed by atoms with Gasteiger partial charge in [0.25, 0.3) is 0 Å². The lowest BCUT2D eigenvalue weighted by Gasteiger charge is -2.13. The highest BCUT2D eigenvalue weighted by molar-refractivity contribution is 5.92. The van der Waals surface area contributed by atoms with Gasteiger partial charge in [-0.15, -0.1) is 0 Å². The van der Waals surface area contributed by atoms with Crippen molar-refractivity contribution < 1.29 is 14.6 Å². The first kappa shape index (κ1) is 13.1. The smallest absolute Gasteiger partial charge is 0.341 e. The van der Waals surface area contributed by atoms with Crippen molar-refractivity contribution in [3.8, 4) is 11.5 Å². The Hall–Kier alpha value is -2.36. The van der Waals surface area contributed by atoms with Crippen LogP contribution in [0, 0.1) is 20.8 Å². The van der Waals surface area contributed by atoms with Crippen LogP contribution in [0.2, 0.25) is 0 Å². The molecule has 0 aliphatic rings. The monoisotopic (exact) mass is 257 g/mol. The third-order valence-electron chi connectivity index (χ3n) is 2.82. The normalized spacial score (nSPS) is 10.3. The van der Waals surface area contributed by atoms with Gasteiger partial charge in [-0.2, -0.15) is 0 Å². The van der Waals surface area contributed by atoms with E-state index in [2.05, 4.69) is 4.98 Å². The number of benzene rings is 1. The fourth-order valence-corrected chi connectivity index (χ4v) is 1.92. The lowest BCUT2D eigenvalue weighted by molar-refractivity contribution is 0.0692. The van der Waals surface area contributed by atoms with Gasteiger partial charge in [-0.05, 0) is 32.4 Å². The van der Waals surface area contributed by atoms with Gasteiger partial charge in [0.15, 0.2) is 0 Å². The maximum absolute atomic E-state index is 11.3. The number of rotatable bonds is 3. The van der Waals surface area contributed by atoms with Crippen molar-refractivity contribution in [2.75, 3.05) is 0 Å². The summed E-state index contributed by atoms with van der Waals surface area (Å²) in [4.78, 5) is 15.5. The van der Waals surface area contributed by atoms with Crippen LogP contribution in [0.5, 0.6) is 11.5 Å². The van der Waals surface area contributed by atoms with Crippen molar-refractivity contribution in [3.63, 3.8) is 0 Å². The van der Waals surface area contributed by atoms with Crippen LogP contribution in [0.25, 0.3) is 0 Å². The molecule has 19 heavy (non-hydrogen) atoms. The van der Waals surface area contributed by atoms with Crippen molar-refractivity contribution in [1.82, 2.24) is 4.98 Å². The molecule has 0 aliphatic carbocycles. The van der Waals surface area contributed by atoms with Gasteiger partial charge in [0, 0.05) is 11.8 Å². The fraction of sp³-hybridized carbons (Fsp3) is 0.200. The number of aryl methyl sites for hydroxylation is 3. The van der Waals surface area contributed by atoms with Gasteiger partial charge in [0.05, 0.1) is 5.69 Å². The number of carboxylic acids is 1. The zero-order chi connectivity index (χ0) is 14.0. The van der Waals surface area contributed by atoms with Crippen LogP contribution in [0.15, 0.2) is 30.3 Å². The van der Waals surface area contributed by atoms with Crippen LogP contribution in [0.4, 0.5) is 0 Å². The van der Waals surface area contributed by atoms with Crippen molar-refractivity contribution in [3.05, 3.63) is 52.8 Å². The summed E-state index contributed by atoms with van der Waals surface area (Å²) >= 11 is 0. The van der Waals surface area contributed by atoms with E-state index in [1.54, 1.807) is 13.0 Å². The van der Waals surface area contributed by atoms with E-state index in [0.29, 0.717) is 17.2 Å². The van der Waals surface area contributed by atoms with E-state index in [4.69, 9.17) is 4.74 Å².